The molecule has 0 saturated carbocycles. The summed E-state index contributed by atoms with van der Waals surface area (Å²) in [7, 11) is 0. The molecule has 0 bridgehead atoms. The average Bonchev–Trinajstić information content (AvgIpc) is 1.12. The van der Waals surface area contributed by atoms with Crippen molar-refractivity contribution in [1.29, 1.82) is 0 Å². The summed E-state index contributed by atoms with van der Waals surface area (Å²) in [5.41, 5.74) is 4.99. The topological polar surface area (TPSA) is 80.3 Å². The van der Waals surface area contributed by atoms with E-state index in [-0.39, 0.29) is 23.1 Å². The van der Waals surface area contributed by atoms with Crippen LogP contribution >= 0.6 is 0 Å². The molecule has 0 saturated heterocycles. The summed E-state index contributed by atoms with van der Waals surface area (Å²) in [5.74, 6) is 0. The van der Waals surface area contributed by atoms with E-state index in [4.69, 9.17) is 0 Å². The fourth-order valence-electron chi connectivity index (χ4n) is 0. The van der Waals surface area contributed by atoms with Crippen molar-refractivity contribution in [1.82, 2.24) is 0 Å². The van der Waals surface area contributed by atoms with Gasteiger partial charge in [0.25, 0.3) is 0 Å². The SMILES string of the molecule is C[As](C)(=O)[O-].C[As](C)(=O)[O-].[Mg+2]. The molecule has 0 amide bonds. The van der Waals surface area contributed by atoms with E-state index in [1.165, 1.54) is 22.8 Å². The second kappa shape index (κ2) is 6.87. The van der Waals surface area contributed by atoms with Crippen LogP contribution in [0.4, 0.5) is 0 Å². The molecular weight excluding hydrogens is 286 g/mol. The van der Waals surface area contributed by atoms with E-state index in [1.54, 1.807) is 0 Å². The van der Waals surface area contributed by atoms with Crippen LogP contribution < -0.4 is 8.19 Å². The second-order valence-corrected chi connectivity index (χ2v) is 13.0. The molecule has 0 atom stereocenters. The van der Waals surface area contributed by atoms with Gasteiger partial charge in [0.1, 0.15) is 0 Å². The molecule has 0 rings (SSSR count). The number of hydrogen-bond acceptors (Lipinski definition) is 4. The van der Waals surface area contributed by atoms with Crippen molar-refractivity contribution in [3.05, 3.63) is 0 Å². The first-order chi connectivity index (χ1) is 4.00. The van der Waals surface area contributed by atoms with Crippen molar-refractivity contribution in [3.63, 3.8) is 0 Å². The van der Waals surface area contributed by atoms with Gasteiger partial charge in [-0.2, -0.15) is 0 Å². The van der Waals surface area contributed by atoms with Crippen LogP contribution in [0, 0.1) is 0 Å². The van der Waals surface area contributed by atoms with Crippen molar-refractivity contribution in [2.75, 3.05) is 0 Å². The van der Waals surface area contributed by atoms with Gasteiger partial charge in [-0.25, -0.2) is 0 Å². The molecular formula is C4H12As2MgO4. The largest absolute Gasteiger partial charge is 2.00 e. The summed E-state index contributed by atoms with van der Waals surface area (Å²) in [6, 6.07) is 0. The van der Waals surface area contributed by atoms with Crippen LogP contribution in [0.15, 0.2) is 0 Å². The van der Waals surface area contributed by atoms with Gasteiger partial charge in [-0.15, -0.1) is 0 Å². The Labute approximate surface area is 88.6 Å². The first kappa shape index (κ1) is 18.2. The van der Waals surface area contributed by atoms with Gasteiger partial charge >= 0.3 is 89.2 Å². The predicted molar refractivity (Wildman–Crippen MR) is 42.1 cm³/mol. The Balaban J connectivity index is -0.000000107. The molecule has 0 aliphatic carbocycles. The third-order valence-electron chi connectivity index (χ3n) is 0. The predicted octanol–water partition coefficient (Wildman–Crippen LogP) is -1.42. The number of rotatable bonds is 0. The van der Waals surface area contributed by atoms with Crippen LogP contribution in [-0.2, 0) is 7.48 Å². The molecule has 0 fully saturated rings. The van der Waals surface area contributed by atoms with Crippen molar-refractivity contribution in [3.8, 4) is 0 Å². The van der Waals surface area contributed by atoms with Crippen molar-refractivity contribution in [2.45, 2.75) is 22.8 Å². The first-order valence-electron chi connectivity index (χ1n) is 2.52. The smallest absolute Gasteiger partial charge is 2.00 e. The van der Waals surface area contributed by atoms with E-state index in [1.807, 2.05) is 0 Å². The van der Waals surface area contributed by atoms with E-state index in [2.05, 4.69) is 0 Å². The Kier molecular flexibility index (Phi) is 11.4. The van der Waals surface area contributed by atoms with E-state index in [9.17, 15) is 15.7 Å². The summed E-state index contributed by atoms with van der Waals surface area (Å²) < 4.78 is 38.9. The standard InChI is InChI=1S/2C2H7AsO2.Mg/c2*1-3(2,4)5;/h2*1-2H3,(H,4,5);/q;;+2/p-2. The maximum absolute atomic E-state index is 9.72. The summed E-state index contributed by atoms with van der Waals surface area (Å²) in [5, 5.41) is 0. The Morgan fingerprint density at radius 1 is 0.818 bits per heavy atom. The fourth-order valence-corrected chi connectivity index (χ4v) is 0. The molecule has 0 radical (unpaired) electrons. The molecule has 64 valence electrons. The summed E-state index contributed by atoms with van der Waals surface area (Å²) in [4.78, 5) is 0. The van der Waals surface area contributed by atoms with Crippen LogP contribution in [0.2, 0.25) is 22.8 Å². The van der Waals surface area contributed by atoms with Crippen LogP contribution in [0.25, 0.3) is 0 Å². The van der Waals surface area contributed by atoms with Gasteiger partial charge in [-0.1, -0.05) is 0 Å². The summed E-state index contributed by atoms with van der Waals surface area (Å²) in [6.45, 7) is 0. The zero-order valence-corrected chi connectivity index (χ0v) is 12.4. The molecule has 4 nitrogen and oxygen atoms in total. The third kappa shape index (κ3) is 512. The summed E-state index contributed by atoms with van der Waals surface area (Å²) >= 11 is -6.75. The van der Waals surface area contributed by atoms with Gasteiger partial charge in [0.15, 0.2) is 0 Å². The average molecular weight is 298 g/mol. The quantitative estimate of drug-likeness (QED) is 0.514. The molecule has 7 heteroatoms. The molecule has 0 aliphatic rings. The summed E-state index contributed by atoms with van der Waals surface area (Å²) in [6.07, 6.45) is 0. The Morgan fingerprint density at radius 2 is 0.818 bits per heavy atom. The van der Waals surface area contributed by atoms with Crippen molar-refractivity contribution in [2.24, 2.45) is 0 Å². The third-order valence-corrected chi connectivity index (χ3v) is 0. The zero-order chi connectivity index (χ0) is 9.00. The second-order valence-electron chi connectivity index (χ2n) is 2.50. The molecule has 0 aromatic rings. The van der Waals surface area contributed by atoms with Crippen LogP contribution in [-0.4, -0.2) is 50.7 Å². The zero-order valence-electron chi connectivity index (χ0n) is 7.23. The van der Waals surface area contributed by atoms with Gasteiger partial charge in [0, 0.05) is 0 Å². The van der Waals surface area contributed by atoms with Crippen molar-refractivity contribution < 1.29 is 15.7 Å². The van der Waals surface area contributed by atoms with Crippen molar-refractivity contribution >= 4 is 50.7 Å². The van der Waals surface area contributed by atoms with E-state index in [0.717, 1.165) is 0 Å². The van der Waals surface area contributed by atoms with E-state index < -0.39 is 27.7 Å². The normalized spacial score (nSPS) is 10.7. The Morgan fingerprint density at radius 3 is 0.818 bits per heavy atom. The molecule has 0 spiro atoms. The molecule has 0 aromatic carbocycles. The van der Waals surface area contributed by atoms with Gasteiger partial charge in [-0.3, -0.25) is 0 Å². The maximum Gasteiger partial charge on any atom is 2.00 e. The number of hydrogen-bond donors (Lipinski definition) is 0. The molecule has 0 aliphatic heterocycles. The van der Waals surface area contributed by atoms with Gasteiger partial charge in [0.2, 0.25) is 0 Å². The maximum atomic E-state index is 9.72. The van der Waals surface area contributed by atoms with Crippen LogP contribution in [0.1, 0.15) is 0 Å². The van der Waals surface area contributed by atoms with Crippen LogP contribution in [0.5, 0.6) is 0 Å². The van der Waals surface area contributed by atoms with Gasteiger partial charge in [0.05, 0.1) is 0 Å². The minimum absolute atomic E-state index is 0. The molecule has 11 heavy (non-hydrogen) atoms. The minimum atomic E-state index is -3.38. The molecule has 0 N–H and O–H groups in total. The minimum Gasteiger partial charge on any atom is 2.00 e. The molecule has 0 aromatic heterocycles. The van der Waals surface area contributed by atoms with Crippen LogP contribution in [0.3, 0.4) is 0 Å². The fraction of sp³-hybridized carbons (Fsp3) is 1.00. The first-order valence-corrected chi connectivity index (χ1v) is 13.1. The van der Waals surface area contributed by atoms with E-state index >= 15 is 0 Å². The van der Waals surface area contributed by atoms with E-state index in [0.29, 0.717) is 0 Å². The Hall–Kier alpha value is 1.40. The van der Waals surface area contributed by atoms with Gasteiger partial charge in [-0.05, 0) is 0 Å². The monoisotopic (exact) mass is 298 g/mol. The van der Waals surface area contributed by atoms with Gasteiger partial charge < -0.3 is 0 Å². The molecule has 0 unspecified atom stereocenters. The Bertz CT molecular complexity index is 132. The molecule has 0 heterocycles.